The third kappa shape index (κ3) is 2.01. The van der Waals surface area contributed by atoms with Gasteiger partial charge in [0, 0.05) is 18.6 Å². The second kappa shape index (κ2) is 5.08. The molecule has 0 aromatic carbocycles. The summed E-state index contributed by atoms with van der Waals surface area (Å²) in [6.07, 6.45) is 5.03. The van der Waals surface area contributed by atoms with Crippen LogP contribution < -0.4 is 0 Å². The Balaban J connectivity index is 2.26. The molecule has 3 rings (SSSR count). The number of esters is 1. The molecule has 6 nitrogen and oxygen atoms in total. The fourth-order valence-electron chi connectivity index (χ4n) is 1.99. The van der Waals surface area contributed by atoms with Gasteiger partial charge in [-0.3, -0.25) is 0 Å². The molecule has 0 fully saturated rings. The molecule has 0 atom stereocenters. The van der Waals surface area contributed by atoms with Gasteiger partial charge in [0.05, 0.1) is 17.7 Å². The minimum absolute atomic E-state index is 0.226. The Hall–Kier alpha value is -2.76. The van der Waals surface area contributed by atoms with Gasteiger partial charge in [0.25, 0.3) is 0 Å². The molecule has 0 bridgehead atoms. The molecule has 0 saturated carbocycles. The van der Waals surface area contributed by atoms with E-state index in [2.05, 4.69) is 15.1 Å². The van der Waals surface area contributed by atoms with Crippen LogP contribution in [-0.4, -0.2) is 32.2 Å². The second-order valence-corrected chi connectivity index (χ2v) is 4.05. The van der Waals surface area contributed by atoms with E-state index in [1.54, 1.807) is 36.1 Å². The molecular formula is C14H12N4O2. The third-order valence-electron chi connectivity index (χ3n) is 2.80. The van der Waals surface area contributed by atoms with E-state index in [-0.39, 0.29) is 5.69 Å². The average molecular weight is 268 g/mol. The lowest BCUT2D eigenvalue weighted by Gasteiger charge is -2.01. The molecule has 0 aliphatic heterocycles. The number of carbonyl (C=O) groups excluding carboxylic acids is 1. The van der Waals surface area contributed by atoms with Gasteiger partial charge in [-0.1, -0.05) is 6.07 Å². The molecule has 6 heteroatoms. The maximum atomic E-state index is 12.1. The van der Waals surface area contributed by atoms with Crippen LogP contribution in [0.4, 0.5) is 0 Å². The van der Waals surface area contributed by atoms with Gasteiger partial charge in [-0.15, -0.1) is 0 Å². The molecular weight excluding hydrogens is 256 g/mol. The lowest BCUT2D eigenvalue weighted by Crippen LogP contribution is -2.07. The van der Waals surface area contributed by atoms with Crippen molar-refractivity contribution in [2.24, 2.45) is 0 Å². The summed E-state index contributed by atoms with van der Waals surface area (Å²) in [6, 6.07) is 7.30. The van der Waals surface area contributed by atoms with Gasteiger partial charge in [-0.05, 0) is 25.1 Å². The number of aromatic nitrogens is 4. The number of fused-ring (bicyclic) bond motifs is 1. The van der Waals surface area contributed by atoms with E-state index in [4.69, 9.17) is 4.74 Å². The average Bonchev–Trinajstić information content (AvgIpc) is 2.88. The Morgan fingerprint density at radius 1 is 1.25 bits per heavy atom. The minimum atomic E-state index is -0.473. The largest absolute Gasteiger partial charge is 0.461 e. The highest BCUT2D eigenvalue weighted by atomic mass is 16.5. The summed E-state index contributed by atoms with van der Waals surface area (Å²) in [6.45, 7) is 2.05. The van der Waals surface area contributed by atoms with Crippen molar-refractivity contribution >= 4 is 11.5 Å². The first-order valence-electron chi connectivity index (χ1n) is 6.23. The Labute approximate surface area is 115 Å². The molecule has 0 amide bonds. The third-order valence-corrected chi connectivity index (χ3v) is 2.80. The van der Waals surface area contributed by atoms with Crippen LogP contribution in [0.25, 0.3) is 16.9 Å². The summed E-state index contributed by atoms with van der Waals surface area (Å²) in [7, 11) is 0. The molecule has 0 spiro atoms. The Morgan fingerprint density at radius 3 is 2.80 bits per heavy atom. The molecule has 0 aliphatic rings. The normalized spacial score (nSPS) is 10.7. The van der Waals surface area contributed by atoms with Crippen LogP contribution in [0.2, 0.25) is 0 Å². The predicted molar refractivity (Wildman–Crippen MR) is 72.2 cm³/mol. The molecule has 0 saturated heterocycles. The van der Waals surface area contributed by atoms with Crippen LogP contribution in [-0.2, 0) is 4.74 Å². The zero-order valence-corrected chi connectivity index (χ0v) is 10.9. The number of pyridine rings is 1. The van der Waals surface area contributed by atoms with Crippen molar-refractivity contribution in [3.63, 3.8) is 0 Å². The van der Waals surface area contributed by atoms with Crippen molar-refractivity contribution in [1.82, 2.24) is 19.6 Å². The van der Waals surface area contributed by atoms with Gasteiger partial charge < -0.3 is 4.74 Å². The fourth-order valence-corrected chi connectivity index (χ4v) is 1.99. The zero-order valence-electron chi connectivity index (χ0n) is 10.9. The van der Waals surface area contributed by atoms with Crippen LogP contribution >= 0.6 is 0 Å². The van der Waals surface area contributed by atoms with E-state index in [1.165, 1.54) is 0 Å². The summed E-state index contributed by atoms with van der Waals surface area (Å²) < 4.78 is 6.67. The molecule has 0 radical (unpaired) electrons. The number of hydrogen-bond acceptors (Lipinski definition) is 5. The van der Waals surface area contributed by atoms with Crippen molar-refractivity contribution in [2.45, 2.75) is 6.92 Å². The van der Waals surface area contributed by atoms with Gasteiger partial charge in [-0.25, -0.2) is 19.3 Å². The maximum absolute atomic E-state index is 12.1. The van der Waals surface area contributed by atoms with Crippen LogP contribution in [0, 0.1) is 0 Å². The van der Waals surface area contributed by atoms with Crippen LogP contribution in [0.3, 0.4) is 0 Å². The second-order valence-electron chi connectivity index (χ2n) is 4.05. The molecule has 3 heterocycles. The van der Waals surface area contributed by atoms with Crippen molar-refractivity contribution in [2.75, 3.05) is 6.61 Å². The van der Waals surface area contributed by atoms with Crippen molar-refractivity contribution in [3.05, 3.63) is 48.5 Å². The quantitative estimate of drug-likeness (QED) is 0.679. The number of rotatable bonds is 3. The topological polar surface area (TPSA) is 69.4 Å². The molecule has 3 aromatic rings. The summed E-state index contributed by atoms with van der Waals surface area (Å²) in [5.41, 5.74) is 1.58. The first kappa shape index (κ1) is 12.3. The van der Waals surface area contributed by atoms with E-state index in [9.17, 15) is 4.79 Å². The number of ether oxygens (including phenoxy) is 1. The summed E-state index contributed by atoms with van der Waals surface area (Å²) >= 11 is 0. The highest BCUT2D eigenvalue weighted by molar-refractivity contribution is 5.99. The zero-order chi connectivity index (χ0) is 13.9. The Bertz CT molecular complexity index is 752. The predicted octanol–water partition coefficient (Wildman–Crippen LogP) is 1.97. The fraction of sp³-hybridized carbons (Fsp3) is 0.143. The monoisotopic (exact) mass is 268 g/mol. The van der Waals surface area contributed by atoms with E-state index in [1.807, 2.05) is 18.2 Å². The van der Waals surface area contributed by atoms with Gasteiger partial charge in [0.2, 0.25) is 0 Å². The van der Waals surface area contributed by atoms with E-state index < -0.39 is 5.97 Å². The Kier molecular flexibility index (Phi) is 3.12. The summed E-state index contributed by atoms with van der Waals surface area (Å²) in [5.74, 6) is -0.0181. The molecule has 20 heavy (non-hydrogen) atoms. The van der Waals surface area contributed by atoms with Crippen LogP contribution in [0.15, 0.2) is 42.9 Å². The molecule has 3 aromatic heterocycles. The standard InChI is InChI=1S/C14H12N4O2/c1-2-20-14(19)12-11(13-15-7-5-8-16-13)10-6-3-4-9-18(10)17-12/h3-9H,2H2,1H3. The first-order valence-corrected chi connectivity index (χ1v) is 6.23. The first-order chi connectivity index (χ1) is 9.81. The summed E-state index contributed by atoms with van der Waals surface area (Å²) in [4.78, 5) is 20.5. The van der Waals surface area contributed by atoms with Crippen molar-refractivity contribution < 1.29 is 9.53 Å². The number of nitrogens with zero attached hydrogens (tertiary/aromatic N) is 4. The van der Waals surface area contributed by atoms with Crippen molar-refractivity contribution in [1.29, 1.82) is 0 Å². The molecule has 0 unspecified atom stereocenters. The SMILES string of the molecule is CCOC(=O)c1nn2ccccc2c1-c1ncccn1. The molecule has 100 valence electrons. The Morgan fingerprint density at radius 2 is 2.05 bits per heavy atom. The highest BCUT2D eigenvalue weighted by Crippen LogP contribution is 2.25. The van der Waals surface area contributed by atoms with E-state index >= 15 is 0 Å². The number of carbonyl (C=O) groups is 1. The van der Waals surface area contributed by atoms with E-state index in [0.29, 0.717) is 18.0 Å². The van der Waals surface area contributed by atoms with Gasteiger partial charge in [-0.2, -0.15) is 5.10 Å². The van der Waals surface area contributed by atoms with Gasteiger partial charge in [0.15, 0.2) is 11.5 Å². The summed E-state index contributed by atoms with van der Waals surface area (Å²) in [5, 5.41) is 4.27. The minimum Gasteiger partial charge on any atom is -0.461 e. The highest BCUT2D eigenvalue weighted by Gasteiger charge is 2.23. The van der Waals surface area contributed by atoms with Crippen LogP contribution in [0.1, 0.15) is 17.4 Å². The molecule has 0 aliphatic carbocycles. The smallest absolute Gasteiger partial charge is 0.359 e. The van der Waals surface area contributed by atoms with E-state index in [0.717, 1.165) is 5.52 Å². The molecule has 0 N–H and O–H groups in total. The maximum Gasteiger partial charge on any atom is 0.359 e. The van der Waals surface area contributed by atoms with Gasteiger partial charge in [0.1, 0.15) is 0 Å². The number of hydrogen-bond donors (Lipinski definition) is 0. The van der Waals surface area contributed by atoms with Crippen LogP contribution in [0.5, 0.6) is 0 Å². The lowest BCUT2D eigenvalue weighted by atomic mass is 10.2. The van der Waals surface area contributed by atoms with Crippen molar-refractivity contribution in [3.8, 4) is 11.4 Å². The lowest BCUT2D eigenvalue weighted by molar-refractivity contribution is 0.0520. The van der Waals surface area contributed by atoms with Gasteiger partial charge >= 0.3 is 5.97 Å².